The second kappa shape index (κ2) is 8.24. The van der Waals surface area contributed by atoms with Gasteiger partial charge in [-0.1, -0.05) is 30.3 Å². The Morgan fingerprint density at radius 3 is 2.41 bits per heavy atom. The number of carbonyl (C=O) groups is 1. The maximum absolute atomic E-state index is 14.7. The van der Waals surface area contributed by atoms with Crippen LogP contribution in [0.2, 0.25) is 0 Å². The summed E-state index contributed by atoms with van der Waals surface area (Å²) in [5.74, 6) is -1.47. The van der Waals surface area contributed by atoms with Crippen molar-refractivity contribution in [3.63, 3.8) is 0 Å². The first-order valence-corrected chi connectivity index (χ1v) is 9.38. The van der Waals surface area contributed by atoms with E-state index in [9.17, 15) is 22.4 Å². The fourth-order valence-electron chi connectivity index (χ4n) is 3.13. The molecule has 2 aromatic carbocycles. The molecule has 0 spiro atoms. The van der Waals surface area contributed by atoms with Crippen molar-refractivity contribution in [2.24, 2.45) is 5.73 Å². The fourth-order valence-corrected chi connectivity index (χ4v) is 3.46. The van der Waals surface area contributed by atoms with E-state index in [1.165, 1.54) is 24.3 Å². The van der Waals surface area contributed by atoms with Crippen molar-refractivity contribution < 1.29 is 27.1 Å². The van der Waals surface area contributed by atoms with Gasteiger partial charge in [-0.25, -0.2) is 4.39 Å². The van der Waals surface area contributed by atoms with E-state index < -0.39 is 34.3 Å². The van der Waals surface area contributed by atoms with Crippen LogP contribution >= 0.6 is 23.2 Å². The molecule has 0 amide bonds. The molecule has 0 aliphatic carbocycles. The quantitative estimate of drug-likeness (QED) is 0.516. The molecule has 1 atom stereocenters. The van der Waals surface area contributed by atoms with Gasteiger partial charge in [-0.15, -0.1) is 23.2 Å². The maximum atomic E-state index is 14.7. The van der Waals surface area contributed by atoms with Crippen LogP contribution in [-0.2, 0) is 28.5 Å². The SMILES string of the molecule is NC1=C(c2cccc(C(F)(F)F)c2)C(=O)C(Cc2cccc(CC(Cl)Cl)c2F)O1. The molecule has 2 N–H and O–H groups in total. The molecule has 0 saturated carbocycles. The average Bonchev–Trinajstić information content (AvgIpc) is 2.91. The number of halogens is 6. The lowest BCUT2D eigenvalue weighted by atomic mass is 9.95. The van der Waals surface area contributed by atoms with E-state index in [2.05, 4.69) is 0 Å². The van der Waals surface area contributed by atoms with Gasteiger partial charge in [0.1, 0.15) is 10.7 Å². The highest BCUT2D eigenvalue weighted by Crippen LogP contribution is 2.34. The molecule has 0 bridgehead atoms. The Labute approximate surface area is 174 Å². The van der Waals surface area contributed by atoms with Gasteiger partial charge in [0.15, 0.2) is 12.0 Å². The molecule has 9 heteroatoms. The standard InChI is InChI=1S/C20H15Cl2F4NO2/c21-15(22)9-12-5-1-4-11(17(12)23)8-14-18(28)16(19(27)29-14)10-3-2-6-13(7-10)20(24,25)26/h1-7,14-15H,8-9,27H2. The molecule has 1 heterocycles. The summed E-state index contributed by atoms with van der Waals surface area (Å²) in [5.41, 5.74) is 5.16. The zero-order valence-corrected chi connectivity index (χ0v) is 16.3. The molecule has 0 saturated heterocycles. The van der Waals surface area contributed by atoms with E-state index in [0.717, 1.165) is 12.1 Å². The van der Waals surface area contributed by atoms with Gasteiger partial charge in [-0.2, -0.15) is 13.2 Å². The molecule has 2 aromatic rings. The molecule has 1 unspecified atom stereocenters. The number of ketones is 1. The summed E-state index contributed by atoms with van der Waals surface area (Å²) in [6.07, 6.45) is -5.78. The predicted octanol–water partition coefficient (Wildman–Crippen LogP) is 5.03. The predicted molar refractivity (Wildman–Crippen MR) is 102 cm³/mol. The van der Waals surface area contributed by atoms with Crippen LogP contribution in [0, 0.1) is 5.82 Å². The van der Waals surface area contributed by atoms with E-state index in [1.54, 1.807) is 6.07 Å². The zero-order chi connectivity index (χ0) is 21.3. The lowest BCUT2D eigenvalue weighted by molar-refractivity contribution is -0.137. The van der Waals surface area contributed by atoms with Gasteiger partial charge in [-0.3, -0.25) is 4.79 Å². The highest BCUT2D eigenvalue weighted by atomic mass is 35.5. The molecule has 3 nitrogen and oxygen atoms in total. The lowest BCUT2D eigenvalue weighted by Gasteiger charge is -2.13. The van der Waals surface area contributed by atoms with E-state index in [4.69, 9.17) is 33.7 Å². The van der Waals surface area contributed by atoms with E-state index in [0.29, 0.717) is 0 Å². The van der Waals surface area contributed by atoms with Gasteiger partial charge in [0.2, 0.25) is 5.78 Å². The number of benzene rings is 2. The van der Waals surface area contributed by atoms with Gasteiger partial charge >= 0.3 is 6.18 Å². The summed E-state index contributed by atoms with van der Waals surface area (Å²) in [7, 11) is 0. The number of hydrogen-bond acceptors (Lipinski definition) is 3. The normalized spacial score (nSPS) is 17.2. The number of alkyl halides is 5. The Hall–Kier alpha value is -2.25. The minimum Gasteiger partial charge on any atom is -0.467 e. The van der Waals surface area contributed by atoms with Crippen LogP contribution in [0.15, 0.2) is 48.3 Å². The van der Waals surface area contributed by atoms with Crippen LogP contribution in [0.1, 0.15) is 22.3 Å². The smallest absolute Gasteiger partial charge is 0.416 e. The van der Waals surface area contributed by atoms with Crippen LogP contribution < -0.4 is 5.73 Å². The van der Waals surface area contributed by atoms with Crippen LogP contribution in [0.5, 0.6) is 0 Å². The summed E-state index contributed by atoms with van der Waals surface area (Å²) in [4.78, 5) is 11.9. The number of Topliss-reactive ketones (excluding diaryl/α,β-unsaturated/α-hetero) is 1. The van der Waals surface area contributed by atoms with Crippen molar-refractivity contribution in [2.75, 3.05) is 0 Å². The number of nitrogens with two attached hydrogens (primary N) is 1. The number of hydrogen-bond donors (Lipinski definition) is 1. The van der Waals surface area contributed by atoms with Crippen molar-refractivity contribution in [1.29, 1.82) is 0 Å². The molecule has 154 valence electrons. The lowest BCUT2D eigenvalue weighted by Crippen LogP contribution is -2.22. The van der Waals surface area contributed by atoms with Crippen molar-refractivity contribution in [1.82, 2.24) is 0 Å². The second-order valence-corrected chi connectivity index (χ2v) is 7.76. The molecule has 0 aromatic heterocycles. The first-order valence-electron chi connectivity index (χ1n) is 8.50. The summed E-state index contributed by atoms with van der Waals surface area (Å²) in [6, 6.07) is 8.82. The van der Waals surface area contributed by atoms with Crippen molar-refractivity contribution in [3.05, 3.63) is 76.4 Å². The Balaban J connectivity index is 1.84. The first kappa shape index (κ1) is 21.5. The van der Waals surface area contributed by atoms with E-state index in [1.807, 2.05) is 0 Å². The van der Waals surface area contributed by atoms with Crippen LogP contribution in [-0.4, -0.2) is 16.7 Å². The molecule has 0 fully saturated rings. The minimum absolute atomic E-state index is 0.00818. The molecule has 1 aliphatic heterocycles. The third-order valence-electron chi connectivity index (χ3n) is 4.47. The largest absolute Gasteiger partial charge is 0.467 e. The van der Waals surface area contributed by atoms with Crippen molar-refractivity contribution in [3.8, 4) is 0 Å². The van der Waals surface area contributed by atoms with Gasteiger partial charge < -0.3 is 10.5 Å². The molecule has 29 heavy (non-hydrogen) atoms. The van der Waals surface area contributed by atoms with Crippen LogP contribution in [0.25, 0.3) is 5.57 Å². The highest BCUT2D eigenvalue weighted by molar-refractivity contribution is 6.44. The molecule has 3 rings (SSSR count). The molecular weight excluding hydrogens is 433 g/mol. The van der Waals surface area contributed by atoms with Gasteiger partial charge in [0, 0.05) is 12.8 Å². The number of ether oxygens (including phenoxy) is 1. The Bertz CT molecular complexity index is 973. The topological polar surface area (TPSA) is 52.3 Å². The Morgan fingerprint density at radius 2 is 1.76 bits per heavy atom. The third kappa shape index (κ3) is 4.67. The minimum atomic E-state index is -4.57. The molecule has 1 aliphatic rings. The monoisotopic (exact) mass is 447 g/mol. The maximum Gasteiger partial charge on any atom is 0.416 e. The molecular formula is C20H15Cl2F4NO2. The highest BCUT2D eigenvalue weighted by Gasteiger charge is 2.37. The molecule has 0 radical (unpaired) electrons. The summed E-state index contributed by atoms with van der Waals surface area (Å²) in [5, 5.41) is 0. The summed E-state index contributed by atoms with van der Waals surface area (Å²) in [6.45, 7) is 0. The van der Waals surface area contributed by atoms with E-state index in [-0.39, 0.29) is 41.0 Å². The van der Waals surface area contributed by atoms with Crippen molar-refractivity contribution in [2.45, 2.75) is 30.0 Å². The van der Waals surface area contributed by atoms with E-state index >= 15 is 0 Å². The number of carbonyl (C=O) groups excluding carboxylic acids is 1. The second-order valence-electron chi connectivity index (χ2n) is 6.48. The van der Waals surface area contributed by atoms with Gasteiger partial charge in [-0.05, 0) is 28.8 Å². The number of rotatable bonds is 5. The first-order chi connectivity index (χ1) is 13.6. The fraction of sp³-hybridized carbons (Fsp3) is 0.250. The summed E-state index contributed by atoms with van der Waals surface area (Å²) >= 11 is 11.4. The van der Waals surface area contributed by atoms with Gasteiger partial charge in [0.05, 0.1) is 11.1 Å². The average molecular weight is 448 g/mol. The summed E-state index contributed by atoms with van der Waals surface area (Å²) < 4.78 is 58.9. The Morgan fingerprint density at radius 1 is 1.10 bits per heavy atom. The zero-order valence-electron chi connectivity index (χ0n) is 14.8. The van der Waals surface area contributed by atoms with Gasteiger partial charge in [0.25, 0.3) is 0 Å². The Kier molecular flexibility index (Phi) is 6.10. The van der Waals surface area contributed by atoms with Crippen LogP contribution in [0.4, 0.5) is 17.6 Å². The van der Waals surface area contributed by atoms with Crippen molar-refractivity contribution >= 4 is 34.6 Å². The van der Waals surface area contributed by atoms with Crippen LogP contribution in [0.3, 0.4) is 0 Å². The third-order valence-corrected chi connectivity index (χ3v) is 4.78.